The van der Waals surface area contributed by atoms with Crippen molar-refractivity contribution in [3.05, 3.63) is 47.5 Å². The number of fused-ring (bicyclic) bond motifs is 3. The van der Waals surface area contributed by atoms with Crippen LogP contribution in [0.15, 0.2) is 36.4 Å². The number of carbonyl (C=O) groups is 3. The molecule has 0 aromatic heterocycles. The van der Waals surface area contributed by atoms with E-state index in [0.717, 1.165) is 24.2 Å². The molecule has 2 aromatic carbocycles. The highest BCUT2D eigenvalue weighted by molar-refractivity contribution is 6.22. The number of ketones is 1. The number of hydrogen-bond donors (Lipinski definition) is 4. The van der Waals surface area contributed by atoms with E-state index < -0.39 is 0 Å². The molecular weight excluding hydrogens is 428 g/mol. The van der Waals surface area contributed by atoms with Crippen LogP contribution in [0.3, 0.4) is 0 Å². The van der Waals surface area contributed by atoms with Crippen molar-refractivity contribution in [1.29, 1.82) is 0 Å². The SMILES string of the molecule is CC(C)CNCCC(=O)Nc1ccc2c(c1)C(=O)c1cc(NC(=O)CCNCC(C)C)ccc1-2. The van der Waals surface area contributed by atoms with Crippen LogP contribution < -0.4 is 21.3 Å². The Kier molecular flexibility index (Phi) is 8.96. The molecule has 0 bridgehead atoms. The fourth-order valence-electron chi connectivity index (χ4n) is 3.87. The van der Waals surface area contributed by atoms with Gasteiger partial charge in [0.05, 0.1) is 0 Å². The number of carbonyl (C=O) groups excluding carboxylic acids is 3. The van der Waals surface area contributed by atoms with Gasteiger partial charge in [0, 0.05) is 48.4 Å². The van der Waals surface area contributed by atoms with E-state index in [1.165, 1.54) is 0 Å². The Morgan fingerprint density at radius 2 is 1.09 bits per heavy atom. The minimum atomic E-state index is -0.102. The van der Waals surface area contributed by atoms with Crippen LogP contribution in [0.1, 0.15) is 56.5 Å². The number of amides is 2. The number of rotatable bonds is 12. The van der Waals surface area contributed by atoms with E-state index in [-0.39, 0.29) is 17.6 Å². The first kappa shape index (κ1) is 25.6. The largest absolute Gasteiger partial charge is 0.326 e. The van der Waals surface area contributed by atoms with Crippen LogP contribution in [-0.4, -0.2) is 43.8 Å². The van der Waals surface area contributed by atoms with Crippen LogP contribution in [0.2, 0.25) is 0 Å². The summed E-state index contributed by atoms with van der Waals surface area (Å²) in [6, 6.07) is 10.8. The molecule has 0 saturated carbocycles. The molecule has 2 amide bonds. The van der Waals surface area contributed by atoms with Crippen molar-refractivity contribution >= 4 is 29.0 Å². The Bertz CT molecular complexity index is 965. The van der Waals surface area contributed by atoms with Crippen molar-refractivity contribution in [1.82, 2.24) is 10.6 Å². The zero-order valence-electron chi connectivity index (χ0n) is 20.6. The minimum absolute atomic E-state index is 0.0907. The van der Waals surface area contributed by atoms with Crippen molar-refractivity contribution in [3.8, 4) is 11.1 Å². The van der Waals surface area contributed by atoms with Gasteiger partial charge in [-0.05, 0) is 60.3 Å². The van der Waals surface area contributed by atoms with Crippen molar-refractivity contribution in [2.24, 2.45) is 11.8 Å². The van der Waals surface area contributed by atoms with E-state index in [1.54, 1.807) is 12.1 Å². The van der Waals surface area contributed by atoms with Gasteiger partial charge in [-0.1, -0.05) is 39.8 Å². The second-order valence-electron chi connectivity index (χ2n) is 9.64. The first-order valence-electron chi connectivity index (χ1n) is 12.1. The summed E-state index contributed by atoms with van der Waals surface area (Å²) >= 11 is 0. The lowest BCUT2D eigenvalue weighted by Crippen LogP contribution is -2.25. The molecule has 0 aliphatic heterocycles. The van der Waals surface area contributed by atoms with Gasteiger partial charge in [0.15, 0.2) is 5.78 Å². The highest BCUT2D eigenvalue weighted by Gasteiger charge is 2.27. The fraction of sp³-hybridized carbons (Fsp3) is 0.444. The van der Waals surface area contributed by atoms with Crippen LogP contribution in [-0.2, 0) is 9.59 Å². The highest BCUT2D eigenvalue weighted by atomic mass is 16.2. The maximum atomic E-state index is 13.1. The summed E-state index contributed by atoms with van der Waals surface area (Å²) in [4.78, 5) is 37.6. The summed E-state index contributed by atoms with van der Waals surface area (Å²) in [6.07, 6.45) is 0.738. The lowest BCUT2D eigenvalue weighted by Gasteiger charge is -2.09. The van der Waals surface area contributed by atoms with Gasteiger partial charge in [0.1, 0.15) is 0 Å². The third-order valence-corrected chi connectivity index (χ3v) is 5.55. The second-order valence-corrected chi connectivity index (χ2v) is 9.64. The fourth-order valence-corrected chi connectivity index (χ4v) is 3.87. The van der Waals surface area contributed by atoms with Gasteiger partial charge in [-0.15, -0.1) is 0 Å². The summed E-state index contributed by atoms with van der Waals surface area (Å²) < 4.78 is 0. The molecular formula is C27H36N4O3. The predicted octanol–water partition coefficient (Wildman–Crippen LogP) is 4.05. The van der Waals surface area contributed by atoms with Gasteiger partial charge in [0.25, 0.3) is 0 Å². The molecule has 4 N–H and O–H groups in total. The standard InChI is InChI=1S/C27H36N4O3/c1-17(2)15-28-11-9-25(32)30-19-5-7-21-22-8-6-20(14-24(22)27(34)23(21)13-19)31-26(33)10-12-29-16-18(3)4/h5-8,13-14,17-18,28-29H,9-12,15-16H2,1-4H3,(H,30,32)(H,31,33). The molecule has 182 valence electrons. The molecule has 7 nitrogen and oxygen atoms in total. The smallest absolute Gasteiger partial charge is 0.225 e. The van der Waals surface area contributed by atoms with Gasteiger partial charge in [-0.2, -0.15) is 0 Å². The topological polar surface area (TPSA) is 99.3 Å². The van der Waals surface area contributed by atoms with Gasteiger partial charge < -0.3 is 21.3 Å². The first-order valence-corrected chi connectivity index (χ1v) is 12.1. The Hall–Kier alpha value is -3.03. The molecule has 3 rings (SSSR count). The van der Waals surface area contributed by atoms with Crippen molar-refractivity contribution in [3.63, 3.8) is 0 Å². The third-order valence-electron chi connectivity index (χ3n) is 5.55. The third kappa shape index (κ3) is 6.98. The summed E-state index contributed by atoms with van der Waals surface area (Å²) in [6.45, 7) is 11.5. The monoisotopic (exact) mass is 464 g/mol. The van der Waals surface area contributed by atoms with E-state index in [2.05, 4.69) is 49.0 Å². The predicted molar refractivity (Wildman–Crippen MR) is 137 cm³/mol. The quantitative estimate of drug-likeness (QED) is 0.303. The van der Waals surface area contributed by atoms with E-state index in [9.17, 15) is 14.4 Å². The molecule has 7 heteroatoms. The van der Waals surface area contributed by atoms with E-state index >= 15 is 0 Å². The van der Waals surface area contributed by atoms with Crippen LogP contribution in [0.25, 0.3) is 11.1 Å². The molecule has 1 aliphatic carbocycles. The van der Waals surface area contributed by atoms with Crippen LogP contribution >= 0.6 is 0 Å². The van der Waals surface area contributed by atoms with Gasteiger partial charge in [-0.25, -0.2) is 0 Å². The lowest BCUT2D eigenvalue weighted by molar-refractivity contribution is -0.116. The van der Waals surface area contributed by atoms with Crippen LogP contribution in [0.5, 0.6) is 0 Å². The van der Waals surface area contributed by atoms with Crippen LogP contribution in [0.4, 0.5) is 11.4 Å². The Balaban J connectivity index is 1.59. The summed E-state index contributed by atoms with van der Waals surface area (Å²) in [7, 11) is 0. The molecule has 2 aromatic rings. The molecule has 0 heterocycles. The average molecular weight is 465 g/mol. The Morgan fingerprint density at radius 3 is 1.47 bits per heavy atom. The molecule has 1 aliphatic rings. The van der Waals surface area contributed by atoms with E-state index in [4.69, 9.17) is 0 Å². The average Bonchev–Trinajstić information content (AvgIpc) is 3.05. The normalized spacial score (nSPS) is 12.1. The molecule has 0 spiro atoms. The molecule has 0 unspecified atom stereocenters. The number of hydrogen-bond acceptors (Lipinski definition) is 5. The van der Waals surface area contributed by atoms with Crippen molar-refractivity contribution in [2.45, 2.75) is 40.5 Å². The van der Waals surface area contributed by atoms with Crippen LogP contribution in [0, 0.1) is 11.8 Å². The Morgan fingerprint density at radius 1 is 0.676 bits per heavy atom. The van der Waals surface area contributed by atoms with E-state index in [1.807, 2.05) is 24.3 Å². The molecule has 0 radical (unpaired) electrons. The Labute approximate surface area is 202 Å². The molecule has 34 heavy (non-hydrogen) atoms. The molecule has 0 saturated heterocycles. The van der Waals surface area contributed by atoms with Gasteiger partial charge in [0.2, 0.25) is 11.8 Å². The number of anilines is 2. The summed E-state index contributed by atoms with van der Waals surface area (Å²) in [5.74, 6) is 0.787. The highest BCUT2D eigenvalue weighted by Crippen LogP contribution is 2.39. The van der Waals surface area contributed by atoms with Gasteiger partial charge >= 0.3 is 0 Å². The van der Waals surface area contributed by atoms with Gasteiger partial charge in [-0.3, -0.25) is 14.4 Å². The maximum Gasteiger partial charge on any atom is 0.225 e. The van der Waals surface area contributed by atoms with E-state index in [0.29, 0.717) is 60.3 Å². The minimum Gasteiger partial charge on any atom is -0.326 e. The maximum absolute atomic E-state index is 13.1. The molecule has 0 atom stereocenters. The van der Waals surface area contributed by atoms with Crippen molar-refractivity contribution < 1.29 is 14.4 Å². The molecule has 0 fully saturated rings. The first-order chi connectivity index (χ1) is 16.2. The summed E-state index contributed by atoms with van der Waals surface area (Å²) in [5, 5.41) is 12.3. The van der Waals surface area contributed by atoms with Crippen molar-refractivity contribution in [2.75, 3.05) is 36.8 Å². The lowest BCUT2D eigenvalue weighted by atomic mass is 10.0. The zero-order valence-corrected chi connectivity index (χ0v) is 20.6. The summed E-state index contributed by atoms with van der Waals surface area (Å²) in [5.41, 5.74) is 4.02. The zero-order chi connectivity index (χ0) is 24.7. The number of nitrogens with one attached hydrogen (secondary N) is 4. The second kappa shape index (κ2) is 11.9. The number of benzene rings is 2.